The van der Waals surface area contributed by atoms with Gasteiger partial charge in [-0.1, -0.05) is 12.1 Å². The quantitative estimate of drug-likeness (QED) is 0.814. The number of nitrogens with one attached hydrogen (secondary N) is 1. The largest absolute Gasteiger partial charge is 0.496 e. The molecule has 3 nitrogen and oxygen atoms in total. The summed E-state index contributed by atoms with van der Waals surface area (Å²) in [5.41, 5.74) is 3.37. The van der Waals surface area contributed by atoms with Crippen LogP contribution in [-0.4, -0.2) is 13.7 Å². The Morgan fingerprint density at radius 2 is 1.90 bits per heavy atom. The maximum absolute atomic E-state index is 5.67. The van der Waals surface area contributed by atoms with Crippen LogP contribution in [0.25, 0.3) is 0 Å². The number of hydrogen-bond acceptors (Lipinski definition) is 3. The molecule has 0 fully saturated rings. The van der Waals surface area contributed by atoms with Gasteiger partial charge in [0.25, 0.3) is 0 Å². The highest BCUT2D eigenvalue weighted by Gasteiger charge is 2.05. The highest BCUT2D eigenvalue weighted by atomic mass is 79.9. The first-order valence-corrected chi connectivity index (χ1v) is 7.73. The fraction of sp³-hybridized carbons (Fsp3) is 0.294. The Kier molecular flexibility index (Phi) is 5.51. The monoisotopic (exact) mass is 349 g/mol. The van der Waals surface area contributed by atoms with E-state index in [2.05, 4.69) is 52.4 Å². The van der Waals surface area contributed by atoms with Crippen LogP contribution >= 0.6 is 15.9 Å². The summed E-state index contributed by atoms with van der Waals surface area (Å²) >= 11 is 3.50. The number of anilines is 1. The van der Waals surface area contributed by atoms with Gasteiger partial charge in [-0.05, 0) is 65.2 Å². The molecule has 2 aromatic carbocycles. The lowest BCUT2D eigenvalue weighted by Gasteiger charge is -2.14. The molecule has 21 heavy (non-hydrogen) atoms. The third-order valence-electron chi connectivity index (χ3n) is 3.14. The summed E-state index contributed by atoms with van der Waals surface area (Å²) < 4.78 is 11.9. The molecule has 2 rings (SSSR count). The standard InChI is InChI=1S/C17H20BrNO2/c1-4-21-17-9-12(2)5-7-15(17)19-11-13-6-8-16(20-3)14(18)10-13/h5-10,19H,4,11H2,1-3H3. The molecular formula is C17H20BrNO2. The van der Waals surface area contributed by atoms with Crippen LogP contribution in [0.3, 0.4) is 0 Å². The van der Waals surface area contributed by atoms with Crippen molar-refractivity contribution in [3.05, 3.63) is 52.0 Å². The second kappa shape index (κ2) is 7.36. The third-order valence-corrected chi connectivity index (χ3v) is 3.76. The topological polar surface area (TPSA) is 30.5 Å². The van der Waals surface area contributed by atoms with Gasteiger partial charge in [-0.3, -0.25) is 0 Å². The summed E-state index contributed by atoms with van der Waals surface area (Å²) in [5.74, 6) is 1.73. The molecule has 0 atom stereocenters. The lowest BCUT2D eigenvalue weighted by molar-refractivity contribution is 0.341. The van der Waals surface area contributed by atoms with E-state index in [9.17, 15) is 0 Å². The fourth-order valence-corrected chi connectivity index (χ4v) is 2.66. The van der Waals surface area contributed by atoms with Crippen LogP contribution in [0.4, 0.5) is 5.69 Å². The van der Waals surface area contributed by atoms with E-state index in [4.69, 9.17) is 9.47 Å². The molecule has 0 heterocycles. The van der Waals surface area contributed by atoms with Crippen LogP contribution in [0.15, 0.2) is 40.9 Å². The van der Waals surface area contributed by atoms with Gasteiger partial charge >= 0.3 is 0 Å². The fourth-order valence-electron chi connectivity index (χ4n) is 2.07. The number of ether oxygens (including phenoxy) is 2. The smallest absolute Gasteiger partial charge is 0.142 e. The molecule has 0 unspecified atom stereocenters. The number of rotatable bonds is 6. The van der Waals surface area contributed by atoms with E-state index in [0.29, 0.717) is 6.61 Å². The molecule has 4 heteroatoms. The van der Waals surface area contributed by atoms with Gasteiger partial charge < -0.3 is 14.8 Å². The van der Waals surface area contributed by atoms with Gasteiger partial charge in [-0.2, -0.15) is 0 Å². The molecule has 0 bridgehead atoms. The first-order chi connectivity index (χ1) is 10.1. The Hall–Kier alpha value is -1.68. The van der Waals surface area contributed by atoms with Crippen molar-refractivity contribution in [1.82, 2.24) is 0 Å². The summed E-state index contributed by atoms with van der Waals surface area (Å²) in [6.45, 7) is 5.44. The molecule has 0 aromatic heterocycles. The average Bonchev–Trinajstić information content (AvgIpc) is 2.47. The molecule has 0 aliphatic heterocycles. The maximum Gasteiger partial charge on any atom is 0.142 e. The van der Waals surface area contributed by atoms with Gasteiger partial charge in [0, 0.05) is 6.54 Å². The van der Waals surface area contributed by atoms with Crippen LogP contribution in [-0.2, 0) is 6.54 Å². The molecule has 1 N–H and O–H groups in total. The Labute approximate surface area is 134 Å². The number of hydrogen-bond donors (Lipinski definition) is 1. The van der Waals surface area contributed by atoms with E-state index in [0.717, 1.165) is 28.2 Å². The predicted molar refractivity (Wildman–Crippen MR) is 90.4 cm³/mol. The summed E-state index contributed by atoms with van der Waals surface area (Å²) in [7, 11) is 1.67. The second-order valence-electron chi connectivity index (χ2n) is 4.76. The molecule has 0 radical (unpaired) electrons. The third kappa shape index (κ3) is 4.14. The Balaban J connectivity index is 2.10. The van der Waals surface area contributed by atoms with Crippen LogP contribution in [0.5, 0.6) is 11.5 Å². The molecule has 0 amide bonds. The number of halogens is 1. The lowest BCUT2D eigenvalue weighted by Crippen LogP contribution is -2.03. The predicted octanol–water partition coefficient (Wildman–Crippen LogP) is 4.78. The van der Waals surface area contributed by atoms with Crippen LogP contribution in [0.1, 0.15) is 18.1 Å². The Bertz CT molecular complexity index is 614. The van der Waals surface area contributed by atoms with Crippen LogP contribution in [0.2, 0.25) is 0 Å². The van der Waals surface area contributed by atoms with Crippen molar-refractivity contribution >= 4 is 21.6 Å². The van der Waals surface area contributed by atoms with Gasteiger partial charge in [-0.25, -0.2) is 0 Å². The normalized spacial score (nSPS) is 10.3. The first-order valence-electron chi connectivity index (χ1n) is 6.93. The summed E-state index contributed by atoms with van der Waals surface area (Å²) in [4.78, 5) is 0. The van der Waals surface area contributed by atoms with Crippen molar-refractivity contribution in [2.45, 2.75) is 20.4 Å². The van der Waals surface area contributed by atoms with Crippen LogP contribution < -0.4 is 14.8 Å². The Morgan fingerprint density at radius 1 is 1.10 bits per heavy atom. The zero-order chi connectivity index (χ0) is 15.2. The minimum absolute atomic E-state index is 0.659. The maximum atomic E-state index is 5.67. The SMILES string of the molecule is CCOc1cc(C)ccc1NCc1ccc(OC)c(Br)c1. The van der Waals surface area contributed by atoms with Crippen LogP contribution in [0, 0.1) is 6.92 Å². The van der Waals surface area contributed by atoms with Gasteiger partial charge in [0.1, 0.15) is 11.5 Å². The van der Waals surface area contributed by atoms with E-state index in [1.54, 1.807) is 7.11 Å². The zero-order valence-electron chi connectivity index (χ0n) is 12.6. The molecule has 0 saturated heterocycles. The molecule has 2 aromatic rings. The Morgan fingerprint density at radius 3 is 2.57 bits per heavy atom. The van der Waals surface area contributed by atoms with Gasteiger partial charge in [0.05, 0.1) is 23.9 Å². The van der Waals surface area contributed by atoms with Gasteiger partial charge in [0.15, 0.2) is 0 Å². The molecule has 0 spiro atoms. The molecule has 112 valence electrons. The second-order valence-corrected chi connectivity index (χ2v) is 5.61. The van der Waals surface area contributed by atoms with Crippen molar-refractivity contribution in [3.8, 4) is 11.5 Å². The van der Waals surface area contributed by atoms with E-state index in [1.165, 1.54) is 11.1 Å². The van der Waals surface area contributed by atoms with Gasteiger partial charge in [-0.15, -0.1) is 0 Å². The minimum Gasteiger partial charge on any atom is -0.496 e. The van der Waals surface area contributed by atoms with Gasteiger partial charge in [0.2, 0.25) is 0 Å². The molecular weight excluding hydrogens is 330 g/mol. The summed E-state index contributed by atoms with van der Waals surface area (Å²) in [6.07, 6.45) is 0. The van der Waals surface area contributed by atoms with E-state index in [-0.39, 0.29) is 0 Å². The minimum atomic E-state index is 0.659. The van der Waals surface area contributed by atoms with Crippen molar-refractivity contribution in [3.63, 3.8) is 0 Å². The van der Waals surface area contributed by atoms with E-state index in [1.807, 2.05) is 19.1 Å². The zero-order valence-corrected chi connectivity index (χ0v) is 14.2. The number of methoxy groups -OCH3 is 1. The number of aryl methyl sites for hydroxylation is 1. The highest BCUT2D eigenvalue weighted by Crippen LogP contribution is 2.28. The van der Waals surface area contributed by atoms with Crippen molar-refractivity contribution in [2.75, 3.05) is 19.0 Å². The lowest BCUT2D eigenvalue weighted by atomic mass is 10.2. The first kappa shape index (κ1) is 15.7. The molecule has 0 aliphatic rings. The van der Waals surface area contributed by atoms with Crippen molar-refractivity contribution in [1.29, 1.82) is 0 Å². The van der Waals surface area contributed by atoms with E-state index >= 15 is 0 Å². The summed E-state index contributed by atoms with van der Waals surface area (Å²) in [5, 5.41) is 3.42. The number of benzene rings is 2. The highest BCUT2D eigenvalue weighted by molar-refractivity contribution is 9.10. The van der Waals surface area contributed by atoms with Crippen molar-refractivity contribution in [2.24, 2.45) is 0 Å². The molecule has 0 saturated carbocycles. The van der Waals surface area contributed by atoms with Crippen molar-refractivity contribution < 1.29 is 9.47 Å². The van der Waals surface area contributed by atoms with E-state index < -0.39 is 0 Å². The average molecular weight is 350 g/mol. The summed E-state index contributed by atoms with van der Waals surface area (Å²) in [6, 6.07) is 12.2. The molecule has 0 aliphatic carbocycles.